The van der Waals surface area contributed by atoms with Gasteiger partial charge >= 0.3 is 56.1 Å². The summed E-state index contributed by atoms with van der Waals surface area (Å²) in [5.41, 5.74) is 0. The number of hydrogen-bond acceptors (Lipinski definition) is 5. The molecule has 0 aliphatic rings. The molecule has 16 heavy (non-hydrogen) atoms. The number of hydrogen-bond donors (Lipinski definition) is 1. The van der Waals surface area contributed by atoms with Crippen LogP contribution in [0.1, 0.15) is 0 Å². The van der Waals surface area contributed by atoms with Crippen molar-refractivity contribution >= 4 is 7.82 Å². The molecule has 5 nitrogen and oxygen atoms in total. The Balaban J connectivity index is -0.000000845. The van der Waals surface area contributed by atoms with E-state index >= 15 is 0 Å². The van der Waals surface area contributed by atoms with Gasteiger partial charge in [0, 0.05) is 0 Å². The fraction of sp³-hybridized carbons (Fsp3) is 1.00. The van der Waals surface area contributed by atoms with E-state index < -0.39 is 26.2 Å². The van der Waals surface area contributed by atoms with Gasteiger partial charge in [-0.3, -0.25) is 4.52 Å². The Bertz CT molecular complexity index is 256. The molecule has 86 valence electrons. The van der Waals surface area contributed by atoms with Crippen molar-refractivity contribution in [2.45, 2.75) is 18.4 Å². The summed E-state index contributed by atoms with van der Waals surface area (Å²) in [4.78, 5) is 19.2. The normalized spacial score (nSPS) is 16.1. The van der Waals surface area contributed by atoms with Crippen LogP contribution in [0.15, 0.2) is 0 Å². The zero-order valence-corrected chi connectivity index (χ0v) is 8.89. The van der Waals surface area contributed by atoms with Gasteiger partial charge in [0.15, 0.2) is 0 Å². The Morgan fingerprint density at radius 1 is 1.19 bits per heavy atom. The van der Waals surface area contributed by atoms with Crippen molar-refractivity contribution < 1.29 is 83.7 Å². The summed E-state index contributed by atoms with van der Waals surface area (Å²) >= 11 is 0. The molecule has 0 heterocycles. The summed E-state index contributed by atoms with van der Waals surface area (Å²) in [6.45, 7) is 0. The third kappa shape index (κ3) is 6.01. The van der Waals surface area contributed by atoms with Gasteiger partial charge < -0.3 is 19.5 Å². The SMILES string of the molecule is O=P([O-])([O-])OC(O)(F)C(F)(F)C(F)F.[Li+].[Li+]. The van der Waals surface area contributed by atoms with Crippen LogP contribution >= 0.6 is 7.82 Å². The molecular weight excluding hydrogens is 256 g/mol. The van der Waals surface area contributed by atoms with Gasteiger partial charge in [0.1, 0.15) is 0 Å². The third-order valence-electron chi connectivity index (χ3n) is 0.918. The van der Waals surface area contributed by atoms with Crippen molar-refractivity contribution in [3.8, 4) is 0 Å². The Morgan fingerprint density at radius 3 is 1.69 bits per heavy atom. The molecule has 0 radical (unpaired) electrons. The van der Waals surface area contributed by atoms with Crippen molar-refractivity contribution in [2.24, 2.45) is 0 Å². The molecule has 0 aliphatic carbocycles. The average molecular weight is 258 g/mol. The van der Waals surface area contributed by atoms with Gasteiger partial charge in [0.05, 0.1) is 7.82 Å². The van der Waals surface area contributed by atoms with Crippen LogP contribution in [0.4, 0.5) is 22.0 Å². The Morgan fingerprint density at radius 2 is 1.50 bits per heavy atom. The summed E-state index contributed by atoms with van der Waals surface area (Å²) in [5, 5.41) is 7.86. The van der Waals surface area contributed by atoms with Crippen LogP contribution in [0.5, 0.6) is 0 Å². The first-order valence-corrected chi connectivity index (χ1v) is 4.16. The maximum atomic E-state index is 12.1. The Kier molecular flexibility index (Phi) is 9.32. The smallest absolute Gasteiger partial charge is 0.790 e. The fourth-order valence-electron chi connectivity index (χ4n) is 0.344. The van der Waals surface area contributed by atoms with Gasteiger partial charge in [0.2, 0.25) is 0 Å². The maximum absolute atomic E-state index is 12.1. The van der Waals surface area contributed by atoms with Gasteiger partial charge in [-0.05, 0) is 0 Å². The number of alkyl halides is 5. The standard InChI is InChI=1S/C3H4F5O5P.2Li/c4-1(5)2(6,7)3(8,9)13-14(10,11)12;;/h1,9H,(H2,10,11,12);;/q;2*+1/p-2. The van der Waals surface area contributed by atoms with Crippen molar-refractivity contribution in [2.75, 3.05) is 0 Å². The fourth-order valence-corrected chi connectivity index (χ4v) is 0.762. The van der Waals surface area contributed by atoms with Gasteiger partial charge in [-0.2, -0.15) is 13.2 Å². The minimum Gasteiger partial charge on any atom is -0.790 e. The Labute approximate surface area is 110 Å². The van der Waals surface area contributed by atoms with E-state index in [0.717, 1.165) is 0 Å². The van der Waals surface area contributed by atoms with E-state index in [0.29, 0.717) is 0 Å². The molecule has 0 saturated heterocycles. The predicted molar refractivity (Wildman–Crippen MR) is 25.7 cm³/mol. The van der Waals surface area contributed by atoms with Crippen molar-refractivity contribution in [1.82, 2.24) is 0 Å². The number of phosphoric ester groups is 1. The molecular formula is C3H2F5Li2O5P. The molecule has 0 aliphatic heterocycles. The third-order valence-corrected chi connectivity index (χ3v) is 1.38. The van der Waals surface area contributed by atoms with Crippen molar-refractivity contribution in [3.63, 3.8) is 0 Å². The van der Waals surface area contributed by atoms with E-state index in [1.165, 1.54) is 0 Å². The monoisotopic (exact) mass is 258 g/mol. The van der Waals surface area contributed by atoms with E-state index in [1.807, 2.05) is 0 Å². The van der Waals surface area contributed by atoms with E-state index in [1.54, 1.807) is 0 Å². The summed E-state index contributed by atoms with van der Waals surface area (Å²) in [7, 11) is -6.36. The summed E-state index contributed by atoms with van der Waals surface area (Å²) in [6.07, 6.45) is -4.75. The molecule has 13 heteroatoms. The minimum atomic E-state index is -6.36. The number of halogens is 5. The van der Waals surface area contributed by atoms with Gasteiger partial charge in [-0.25, -0.2) is 8.78 Å². The minimum absolute atomic E-state index is 0. The van der Waals surface area contributed by atoms with Crippen LogP contribution in [-0.2, 0) is 9.09 Å². The van der Waals surface area contributed by atoms with Crippen molar-refractivity contribution in [1.29, 1.82) is 0 Å². The first kappa shape index (κ1) is 22.1. The summed E-state index contributed by atoms with van der Waals surface area (Å²) in [6, 6.07) is -5.57. The molecule has 0 spiro atoms. The molecule has 0 aromatic carbocycles. The van der Waals surface area contributed by atoms with Crippen LogP contribution in [0.2, 0.25) is 0 Å². The quantitative estimate of drug-likeness (QED) is 0.234. The van der Waals surface area contributed by atoms with Crippen LogP contribution in [-0.4, -0.2) is 23.5 Å². The topological polar surface area (TPSA) is 92.7 Å². The molecule has 0 amide bonds. The van der Waals surface area contributed by atoms with Gasteiger partial charge in [0.25, 0.3) is 0 Å². The molecule has 0 rings (SSSR count). The van der Waals surface area contributed by atoms with Crippen LogP contribution in [0.3, 0.4) is 0 Å². The van der Waals surface area contributed by atoms with E-state index in [9.17, 15) is 36.3 Å². The zero-order valence-electron chi connectivity index (χ0n) is 7.99. The number of rotatable bonds is 4. The second-order valence-electron chi connectivity index (χ2n) is 2.02. The summed E-state index contributed by atoms with van der Waals surface area (Å²) in [5.74, 6) is -5.84. The van der Waals surface area contributed by atoms with E-state index in [4.69, 9.17) is 5.11 Å². The molecule has 0 bridgehead atoms. The first-order valence-electron chi connectivity index (χ1n) is 2.70. The molecule has 0 aromatic rings. The van der Waals surface area contributed by atoms with E-state index in [2.05, 4.69) is 4.52 Å². The van der Waals surface area contributed by atoms with E-state index in [-0.39, 0.29) is 37.7 Å². The van der Waals surface area contributed by atoms with Gasteiger partial charge in [-0.15, -0.1) is 0 Å². The zero-order chi connectivity index (χ0) is 11.8. The maximum Gasteiger partial charge on any atom is 1.00 e. The molecule has 0 aromatic heterocycles. The predicted octanol–water partition coefficient (Wildman–Crippen LogP) is -6.64. The molecule has 0 saturated carbocycles. The van der Waals surface area contributed by atoms with Crippen molar-refractivity contribution in [3.05, 3.63) is 0 Å². The van der Waals surface area contributed by atoms with Crippen LogP contribution in [0, 0.1) is 0 Å². The second kappa shape index (κ2) is 6.74. The molecule has 1 N–H and O–H groups in total. The van der Waals surface area contributed by atoms with Crippen LogP contribution in [0.25, 0.3) is 0 Å². The second-order valence-corrected chi connectivity index (χ2v) is 3.10. The number of aliphatic hydroxyl groups is 1. The van der Waals surface area contributed by atoms with Crippen LogP contribution < -0.4 is 47.5 Å². The largest absolute Gasteiger partial charge is 1.00 e. The molecule has 0 fully saturated rings. The first-order chi connectivity index (χ1) is 5.90. The molecule has 1 unspecified atom stereocenters. The van der Waals surface area contributed by atoms with Gasteiger partial charge in [-0.1, -0.05) is 0 Å². The molecule has 1 atom stereocenters. The summed E-state index contributed by atoms with van der Waals surface area (Å²) < 4.78 is 70.6. The number of phosphoric acid groups is 1. The Hall–Kier alpha value is 0.915. The average Bonchev–Trinajstić information content (AvgIpc) is 1.80.